The lowest BCUT2D eigenvalue weighted by atomic mass is 9.97. The Labute approximate surface area is 135 Å². The summed E-state index contributed by atoms with van der Waals surface area (Å²) in [4.78, 5) is 18.7. The minimum absolute atomic E-state index is 0.115. The summed E-state index contributed by atoms with van der Waals surface area (Å²) in [6, 6.07) is 2.22. The fourth-order valence-electron chi connectivity index (χ4n) is 2.92. The van der Waals surface area contributed by atoms with Gasteiger partial charge in [0.15, 0.2) is 5.82 Å². The second kappa shape index (κ2) is 6.52. The van der Waals surface area contributed by atoms with Crippen LogP contribution in [0.2, 0.25) is 0 Å². The van der Waals surface area contributed by atoms with Gasteiger partial charge >= 0.3 is 0 Å². The van der Waals surface area contributed by atoms with Crippen molar-refractivity contribution >= 4 is 5.91 Å². The minimum Gasteiger partial charge on any atom is -0.342 e. The van der Waals surface area contributed by atoms with Crippen LogP contribution in [0, 0.1) is 6.92 Å². The van der Waals surface area contributed by atoms with Crippen LogP contribution in [0.15, 0.2) is 16.8 Å². The zero-order valence-corrected chi connectivity index (χ0v) is 13.9. The molecule has 0 aliphatic carbocycles. The van der Waals surface area contributed by atoms with Crippen molar-refractivity contribution in [1.29, 1.82) is 0 Å². The summed E-state index contributed by atoms with van der Waals surface area (Å²) < 4.78 is 6.94. The standard InChI is InChI=1S/C16H23N5O2/c1-11(2)21-8-6-14(18-21)9-15(22)20-7-4-5-13(10-20)16-17-12(3)23-19-16/h6,8,11,13H,4-5,7,9-10H2,1-3H3. The van der Waals surface area contributed by atoms with Crippen LogP contribution >= 0.6 is 0 Å². The first-order valence-corrected chi connectivity index (χ1v) is 8.15. The summed E-state index contributed by atoms with van der Waals surface area (Å²) in [6.07, 6.45) is 4.22. The van der Waals surface area contributed by atoms with E-state index >= 15 is 0 Å². The van der Waals surface area contributed by atoms with Crippen LogP contribution in [-0.4, -0.2) is 43.8 Å². The summed E-state index contributed by atoms with van der Waals surface area (Å²) in [5, 5.41) is 8.45. The van der Waals surface area contributed by atoms with E-state index < -0.39 is 0 Å². The number of hydrogen-bond donors (Lipinski definition) is 0. The van der Waals surface area contributed by atoms with Gasteiger partial charge in [-0.15, -0.1) is 0 Å². The summed E-state index contributed by atoms with van der Waals surface area (Å²) in [7, 11) is 0. The minimum atomic E-state index is 0.115. The zero-order chi connectivity index (χ0) is 16.4. The lowest BCUT2D eigenvalue weighted by molar-refractivity contribution is -0.131. The van der Waals surface area contributed by atoms with Gasteiger partial charge in [-0.25, -0.2) is 0 Å². The molecule has 1 aliphatic rings. The van der Waals surface area contributed by atoms with Crippen molar-refractivity contribution in [1.82, 2.24) is 24.8 Å². The lowest BCUT2D eigenvalue weighted by Crippen LogP contribution is -2.40. The monoisotopic (exact) mass is 317 g/mol. The van der Waals surface area contributed by atoms with E-state index in [1.54, 1.807) is 6.92 Å². The first-order chi connectivity index (χ1) is 11.0. The van der Waals surface area contributed by atoms with Crippen LogP contribution < -0.4 is 0 Å². The second-order valence-corrected chi connectivity index (χ2v) is 6.41. The third-order valence-electron chi connectivity index (χ3n) is 4.21. The van der Waals surface area contributed by atoms with E-state index in [9.17, 15) is 4.79 Å². The molecule has 1 fully saturated rings. The summed E-state index contributed by atoms with van der Waals surface area (Å²) in [6.45, 7) is 7.37. The van der Waals surface area contributed by atoms with Gasteiger partial charge in [-0.1, -0.05) is 5.16 Å². The molecule has 0 bridgehead atoms. The molecule has 0 spiro atoms. The number of piperidine rings is 1. The fourth-order valence-corrected chi connectivity index (χ4v) is 2.92. The van der Waals surface area contributed by atoms with E-state index in [1.807, 2.05) is 21.8 Å². The molecule has 3 rings (SSSR count). The van der Waals surface area contributed by atoms with E-state index in [-0.39, 0.29) is 11.8 Å². The fraction of sp³-hybridized carbons (Fsp3) is 0.625. The number of nitrogens with zero attached hydrogens (tertiary/aromatic N) is 5. The Bertz CT molecular complexity index is 676. The highest BCUT2D eigenvalue weighted by Crippen LogP contribution is 2.25. The maximum atomic E-state index is 12.5. The number of rotatable bonds is 4. The van der Waals surface area contributed by atoms with Crippen molar-refractivity contribution in [2.75, 3.05) is 13.1 Å². The van der Waals surface area contributed by atoms with Gasteiger partial charge in [-0.3, -0.25) is 9.48 Å². The largest absolute Gasteiger partial charge is 0.342 e. The molecule has 0 N–H and O–H groups in total. The predicted molar refractivity (Wildman–Crippen MR) is 83.9 cm³/mol. The number of carbonyl (C=O) groups excluding carboxylic acids is 1. The van der Waals surface area contributed by atoms with Crippen LogP contribution in [-0.2, 0) is 11.2 Å². The third kappa shape index (κ3) is 3.60. The van der Waals surface area contributed by atoms with Crippen LogP contribution in [0.4, 0.5) is 0 Å². The average molecular weight is 317 g/mol. The van der Waals surface area contributed by atoms with E-state index in [0.29, 0.717) is 30.7 Å². The molecule has 0 radical (unpaired) electrons. The molecule has 1 unspecified atom stereocenters. The van der Waals surface area contributed by atoms with Crippen molar-refractivity contribution in [3.63, 3.8) is 0 Å². The Morgan fingerprint density at radius 1 is 1.48 bits per heavy atom. The molecule has 0 saturated carbocycles. The van der Waals surface area contributed by atoms with E-state index in [1.165, 1.54) is 0 Å². The molecule has 3 heterocycles. The van der Waals surface area contributed by atoms with Crippen LogP contribution in [0.1, 0.15) is 56.1 Å². The molecule has 124 valence electrons. The average Bonchev–Trinajstić information content (AvgIpc) is 3.16. The predicted octanol–water partition coefficient (Wildman–Crippen LogP) is 2.10. The van der Waals surface area contributed by atoms with Gasteiger partial charge < -0.3 is 9.42 Å². The Morgan fingerprint density at radius 2 is 2.30 bits per heavy atom. The van der Waals surface area contributed by atoms with E-state index in [2.05, 4.69) is 29.1 Å². The number of hydrogen-bond acceptors (Lipinski definition) is 5. The molecule has 1 amide bonds. The highest BCUT2D eigenvalue weighted by Gasteiger charge is 2.28. The topological polar surface area (TPSA) is 77.1 Å². The van der Waals surface area contributed by atoms with Crippen molar-refractivity contribution in [3.05, 3.63) is 29.7 Å². The van der Waals surface area contributed by atoms with E-state index in [0.717, 1.165) is 25.1 Å². The van der Waals surface area contributed by atoms with Crippen LogP contribution in [0.5, 0.6) is 0 Å². The Morgan fingerprint density at radius 3 is 2.96 bits per heavy atom. The Hall–Kier alpha value is -2.18. The molecule has 7 heteroatoms. The van der Waals surface area contributed by atoms with Gasteiger partial charge in [-0.2, -0.15) is 10.1 Å². The van der Waals surface area contributed by atoms with Gasteiger partial charge in [0.2, 0.25) is 11.8 Å². The van der Waals surface area contributed by atoms with Crippen molar-refractivity contribution in [2.45, 2.75) is 52.0 Å². The highest BCUT2D eigenvalue weighted by atomic mass is 16.5. The summed E-state index contributed by atoms with van der Waals surface area (Å²) in [5.74, 6) is 1.56. The number of aromatic nitrogens is 4. The normalized spacial score (nSPS) is 18.6. The highest BCUT2D eigenvalue weighted by molar-refractivity contribution is 5.78. The molecule has 0 aromatic carbocycles. The second-order valence-electron chi connectivity index (χ2n) is 6.41. The van der Waals surface area contributed by atoms with Gasteiger partial charge in [0.1, 0.15) is 0 Å². The summed E-state index contributed by atoms with van der Waals surface area (Å²) >= 11 is 0. The molecule has 23 heavy (non-hydrogen) atoms. The number of amides is 1. The van der Waals surface area contributed by atoms with Gasteiger partial charge in [-0.05, 0) is 32.8 Å². The number of likely N-dealkylation sites (tertiary alicyclic amines) is 1. The Kier molecular flexibility index (Phi) is 4.45. The molecule has 1 saturated heterocycles. The molecule has 2 aromatic heterocycles. The maximum Gasteiger partial charge on any atom is 0.228 e. The number of carbonyl (C=O) groups is 1. The van der Waals surface area contributed by atoms with Crippen molar-refractivity contribution < 1.29 is 9.32 Å². The lowest BCUT2D eigenvalue weighted by Gasteiger charge is -2.31. The SMILES string of the molecule is Cc1nc(C2CCCN(C(=O)Cc3ccn(C(C)C)n3)C2)no1. The smallest absolute Gasteiger partial charge is 0.228 e. The first-order valence-electron chi connectivity index (χ1n) is 8.15. The zero-order valence-electron chi connectivity index (χ0n) is 13.9. The van der Waals surface area contributed by atoms with Crippen molar-refractivity contribution in [2.24, 2.45) is 0 Å². The molecule has 1 aliphatic heterocycles. The summed E-state index contributed by atoms with van der Waals surface area (Å²) in [5.41, 5.74) is 0.821. The van der Waals surface area contributed by atoms with Crippen LogP contribution in [0.25, 0.3) is 0 Å². The first kappa shape index (κ1) is 15.7. The molecular weight excluding hydrogens is 294 g/mol. The molecular formula is C16H23N5O2. The van der Waals surface area contributed by atoms with E-state index in [4.69, 9.17) is 4.52 Å². The van der Waals surface area contributed by atoms with Crippen LogP contribution in [0.3, 0.4) is 0 Å². The molecule has 2 aromatic rings. The van der Waals surface area contributed by atoms with Gasteiger partial charge in [0.25, 0.3) is 0 Å². The van der Waals surface area contributed by atoms with Crippen molar-refractivity contribution in [3.8, 4) is 0 Å². The Balaban J connectivity index is 1.62. The number of aryl methyl sites for hydroxylation is 1. The third-order valence-corrected chi connectivity index (χ3v) is 4.21. The quantitative estimate of drug-likeness (QED) is 0.863. The van der Waals surface area contributed by atoms with Gasteiger partial charge in [0, 0.05) is 38.2 Å². The molecule has 7 nitrogen and oxygen atoms in total. The molecule has 1 atom stereocenters. The maximum absolute atomic E-state index is 12.5. The van der Waals surface area contributed by atoms with Gasteiger partial charge in [0.05, 0.1) is 12.1 Å².